The van der Waals surface area contributed by atoms with Gasteiger partial charge in [0.25, 0.3) is 0 Å². The molecule has 8 nitrogen and oxygen atoms in total. The van der Waals surface area contributed by atoms with E-state index in [4.69, 9.17) is 9.47 Å². The molecule has 0 spiro atoms. The number of unbranched alkanes of at least 4 members (excludes halogenated alkanes) is 2. The third-order valence-electron chi connectivity index (χ3n) is 4.11. The molecule has 1 aromatic heterocycles. The molecule has 0 aliphatic carbocycles. The van der Waals surface area contributed by atoms with Crippen molar-refractivity contribution in [2.45, 2.75) is 46.5 Å². The number of ether oxygens (including phenoxy) is 2. The number of alkyl carbamates (subject to hydrolysis) is 2. The smallest absolute Gasteiger partial charge is 0.407 e. The van der Waals surface area contributed by atoms with Crippen LogP contribution in [-0.4, -0.2) is 56.6 Å². The Morgan fingerprint density at radius 1 is 0.967 bits per heavy atom. The second-order valence-corrected chi connectivity index (χ2v) is 6.43. The maximum atomic E-state index is 11.7. The first-order valence-electron chi connectivity index (χ1n) is 10.1. The van der Waals surface area contributed by atoms with Gasteiger partial charge in [-0.15, -0.1) is 24.8 Å². The van der Waals surface area contributed by atoms with Gasteiger partial charge in [-0.3, -0.25) is 4.98 Å². The molecule has 0 bridgehead atoms. The van der Waals surface area contributed by atoms with E-state index in [-0.39, 0.29) is 38.0 Å². The lowest BCUT2D eigenvalue weighted by atomic mass is 10.2. The number of pyridine rings is 1. The molecule has 0 saturated heterocycles. The third-order valence-corrected chi connectivity index (χ3v) is 4.11. The molecule has 174 valence electrons. The van der Waals surface area contributed by atoms with Gasteiger partial charge in [-0.25, -0.2) is 9.59 Å². The normalized spacial score (nSPS) is 9.57. The number of nitrogens with one attached hydrogen (secondary N) is 2. The van der Waals surface area contributed by atoms with Crippen LogP contribution >= 0.6 is 24.8 Å². The number of carbonyl (C=O) groups excluding carboxylic acids is 2. The molecule has 0 radical (unpaired) electrons. The summed E-state index contributed by atoms with van der Waals surface area (Å²) in [5.41, 5.74) is 1.79. The van der Waals surface area contributed by atoms with E-state index in [9.17, 15) is 9.59 Å². The number of anilines is 1. The van der Waals surface area contributed by atoms with Crippen molar-refractivity contribution in [3.8, 4) is 0 Å². The van der Waals surface area contributed by atoms with Gasteiger partial charge in [0.2, 0.25) is 0 Å². The van der Waals surface area contributed by atoms with Crippen molar-refractivity contribution in [1.29, 1.82) is 0 Å². The first kappa shape index (κ1) is 30.3. The highest BCUT2D eigenvalue weighted by atomic mass is 35.5. The fraction of sp³-hybridized carbons (Fsp3) is 0.650. The van der Waals surface area contributed by atoms with Crippen molar-refractivity contribution in [3.63, 3.8) is 0 Å². The van der Waals surface area contributed by atoms with Gasteiger partial charge in [-0.1, -0.05) is 26.7 Å². The fourth-order valence-corrected chi connectivity index (χ4v) is 2.50. The zero-order chi connectivity index (χ0) is 20.6. The Balaban J connectivity index is 0. The Kier molecular flexibility index (Phi) is 19.2. The molecule has 30 heavy (non-hydrogen) atoms. The standard InChI is InChI=1S/C20H34N4O4.2ClH/c1-4-6-10-22-19(25)27-15-13-24(18-9-8-12-21-17(18)3)14-16-28-20(26)23-11-7-5-2;;/h8-9,12H,4-7,10-11,13-16H2,1-3H3,(H,22,25)(H,23,26);2*1H. The van der Waals surface area contributed by atoms with E-state index in [0.29, 0.717) is 26.2 Å². The van der Waals surface area contributed by atoms with E-state index in [1.807, 2.05) is 24.0 Å². The van der Waals surface area contributed by atoms with Crippen LogP contribution in [-0.2, 0) is 9.47 Å². The number of amides is 2. The Morgan fingerprint density at radius 3 is 1.90 bits per heavy atom. The molecule has 2 amide bonds. The van der Waals surface area contributed by atoms with Crippen LogP contribution in [0.15, 0.2) is 18.3 Å². The Hall–Kier alpha value is -1.93. The van der Waals surface area contributed by atoms with Crippen LogP contribution in [0.1, 0.15) is 45.2 Å². The van der Waals surface area contributed by atoms with Crippen molar-refractivity contribution in [2.24, 2.45) is 0 Å². The summed E-state index contributed by atoms with van der Waals surface area (Å²) < 4.78 is 10.5. The Bertz CT molecular complexity index is 566. The Morgan fingerprint density at radius 2 is 1.47 bits per heavy atom. The molecule has 1 heterocycles. The highest BCUT2D eigenvalue weighted by molar-refractivity contribution is 5.85. The predicted molar refractivity (Wildman–Crippen MR) is 124 cm³/mol. The summed E-state index contributed by atoms with van der Waals surface area (Å²) in [7, 11) is 0. The molecule has 0 atom stereocenters. The van der Waals surface area contributed by atoms with E-state index in [2.05, 4.69) is 29.5 Å². The average molecular weight is 467 g/mol. The first-order chi connectivity index (χ1) is 13.6. The van der Waals surface area contributed by atoms with Crippen LogP contribution in [0.5, 0.6) is 0 Å². The van der Waals surface area contributed by atoms with Crippen molar-refractivity contribution >= 4 is 42.7 Å². The molecule has 2 N–H and O–H groups in total. The summed E-state index contributed by atoms with van der Waals surface area (Å²) in [6.07, 6.45) is 4.78. The molecule has 0 fully saturated rings. The van der Waals surface area contributed by atoms with Crippen LogP contribution in [0.25, 0.3) is 0 Å². The van der Waals surface area contributed by atoms with Gasteiger partial charge in [0.15, 0.2) is 0 Å². The number of aryl methyl sites for hydroxylation is 1. The highest BCUT2D eigenvalue weighted by Crippen LogP contribution is 2.16. The summed E-state index contributed by atoms with van der Waals surface area (Å²) in [6, 6.07) is 3.80. The summed E-state index contributed by atoms with van der Waals surface area (Å²) in [4.78, 5) is 29.7. The zero-order valence-electron chi connectivity index (χ0n) is 18.1. The van der Waals surface area contributed by atoms with E-state index in [0.717, 1.165) is 37.1 Å². The SMILES string of the molecule is CCCCNC(=O)OCCN(CCOC(=O)NCCCC)c1cccnc1C.Cl.Cl. The molecule has 0 aliphatic rings. The molecule has 1 aromatic rings. The van der Waals surface area contributed by atoms with Gasteiger partial charge in [-0.2, -0.15) is 0 Å². The van der Waals surface area contributed by atoms with Crippen LogP contribution < -0.4 is 15.5 Å². The molecule has 0 aromatic carbocycles. The number of nitrogens with zero attached hydrogens (tertiary/aromatic N) is 2. The maximum Gasteiger partial charge on any atom is 0.407 e. The van der Waals surface area contributed by atoms with Gasteiger partial charge in [-0.05, 0) is 31.9 Å². The minimum atomic E-state index is -0.414. The molecule has 0 unspecified atom stereocenters. The zero-order valence-corrected chi connectivity index (χ0v) is 19.8. The van der Waals surface area contributed by atoms with Crippen molar-refractivity contribution in [3.05, 3.63) is 24.0 Å². The molecule has 0 aliphatic heterocycles. The van der Waals surface area contributed by atoms with Crippen LogP contribution in [0.3, 0.4) is 0 Å². The monoisotopic (exact) mass is 466 g/mol. The first-order valence-corrected chi connectivity index (χ1v) is 10.1. The van der Waals surface area contributed by atoms with E-state index < -0.39 is 12.2 Å². The molecular formula is C20H36Cl2N4O4. The number of rotatable bonds is 13. The van der Waals surface area contributed by atoms with Crippen molar-refractivity contribution in [1.82, 2.24) is 15.6 Å². The van der Waals surface area contributed by atoms with Gasteiger partial charge in [0, 0.05) is 19.3 Å². The fourth-order valence-electron chi connectivity index (χ4n) is 2.50. The summed E-state index contributed by atoms with van der Waals surface area (Å²) in [5, 5.41) is 5.44. The Labute approximate surface area is 192 Å². The molecule has 10 heteroatoms. The van der Waals surface area contributed by atoms with Crippen LogP contribution in [0, 0.1) is 6.92 Å². The third kappa shape index (κ3) is 13.3. The molecule has 1 rings (SSSR count). The topological polar surface area (TPSA) is 92.8 Å². The lowest BCUT2D eigenvalue weighted by Crippen LogP contribution is -2.35. The number of halogens is 2. The van der Waals surface area contributed by atoms with Crippen molar-refractivity contribution < 1.29 is 19.1 Å². The average Bonchev–Trinajstić information content (AvgIpc) is 2.68. The van der Waals surface area contributed by atoms with Gasteiger partial charge in [0.1, 0.15) is 13.2 Å². The van der Waals surface area contributed by atoms with E-state index in [1.165, 1.54) is 0 Å². The molecular weight excluding hydrogens is 431 g/mol. The number of hydrogen-bond acceptors (Lipinski definition) is 6. The van der Waals surface area contributed by atoms with Crippen molar-refractivity contribution in [2.75, 3.05) is 44.3 Å². The lowest BCUT2D eigenvalue weighted by Gasteiger charge is -2.25. The highest BCUT2D eigenvalue weighted by Gasteiger charge is 2.12. The quantitative estimate of drug-likeness (QED) is 0.425. The number of carbonyl (C=O) groups is 2. The summed E-state index contributed by atoms with van der Waals surface area (Å²) >= 11 is 0. The molecule has 0 saturated carbocycles. The minimum absolute atomic E-state index is 0. The minimum Gasteiger partial charge on any atom is -0.448 e. The van der Waals surface area contributed by atoms with E-state index in [1.54, 1.807) is 6.20 Å². The van der Waals surface area contributed by atoms with E-state index >= 15 is 0 Å². The lowest BCUT2D eigenvalue weighted by molar-refractivity contribution is 0.144. The van der Waals surface area contributed by atoms with Gasteiger partial charge >= 0.3 is 12.2 Å². The largest absolute Gasteiger partial charge is 0.448 e. The van der Waals surface area contributed by atoms with Crippen LogP contribution in [0.4, 0.5) is 15.3 Å². The number of hydrogen-bond donors (Lipinski definition) is 2. The second-order valence-electron chi connectivity index (χ2n) is 6.43. The predicted octanol–water partition coefficient (Wildman–Crippen LogP) is 4.09. The second kappa shape index (κ2) is 19.1. The summed E-state index contributed by atoms with van der Waals surface area (Å²) in [6.45, 7) is 8.69. The summed E-state index contributed by atoms with van der Waals surface area (Å²) in [5.74, 6) is 0. The van der Waals surface area contributed by atoms with Gasteiger partial charge in [0.05, 0.1) is 24.5 Å². The maximum absolute atomic E-state index is 11.7. The number of aromatic nitrogens is 1. The van der Waals surface area contributed by atoms with Crippen LogP contribution in [0.2, 0.25) is 0 Å². The van der Waals surface area contributed by atoms with Gasteiger partial charge < -0.3 is 25.0 Å².